The Hall–Kier alpha value is -0.380. The second kappa shape index (κ2) is 7.06. The Labute approximate surface area is 82.3 Å². The molecule has 0 aromatic carbocycles. The lowest BCUT2D eigenvalue weighted by molar-refractivity contribution is -0.147. The van der Waals surface area contributed by atoms with Crippen LogP contribution in [0.3, 0.4) is 0 Å². The smallest absolute Gasteiger partial charge is 0.308 e. The summed E-state index contributed by atoms with van der Waals surface area (Å²) >= 11 is 0. The fourth-order valence-electron chi connectivity index (χ4n) is 0.688. The normalized spacial score (nSPS) is 15.0. The Morgan fingerprint density at radius 1 is 1.46 bits per heavy atom. The molecule has 3 nitrogen and oxygen atoms in total. The van der Waals surface area contributed by atoms with E-state index in [2.05, 4.69) is 0 Å². The lowest BCUT2D eigenvalue weighted by Crippen LogP contribution is -2.17. The van der Waals surface area contributed by atoms with Gasteiger partial charge in [-0.1, -0.05) is 20.8 Å². The summed E-state index contributed by atoms with van der Waals surface area (Å²) in [5, 5.41) is 0. The standard InChI is InChI=1S/C9H18O3S/c1-4-8(3)9(10)12-6-7-13(11)5-2/h8H,4-7H2,1-3H3. The number of hydrogen-bond donors (Lipinski definition) is 0. The van der Waals surface area contributed by atoms with E-state index < -0.39 is 10.8 Å². The average Bonchev–Trinajstić information content (AvgIpc) is 2.15. The number of carbonyl (C=O) groups is 1. The first-order valence-electron chi connectivity index (χ1n) is 4.63. The zero-order valence-corrected chi connectivity index (χ0v) is 9.36. The van der Waals surface area contributed by atoms with Crippen LogP contribution in [0.1, 0.15) is 27.2 Å². The Morgan fingerprint density at radius 3 is 2.54 bits per heavy atom. The molecule has 2 unspecified atom stereocenters. The van der Waals surface area contributed by atoms with Crippen LogP contribution in [-0.2, 0) is 20.3 Å². The monoisotopic (exact) mass is 206 g/mol. The molecular weight excluding hydrogens is 188 g/mol. The third-order valence-corrected chi connectivity index (χ3v) is 3.16. The van der Waals surface area contributed by atoms with Gasteiger partial charge in [-0.2, -0.15) is 0 Å². The summed E-state index contributed by atoms with van der Waals surface area (Å²) in [4.78, 5) is 11.1. The summed E-state index contributed by atoms with van der Waals surface area (Å²) in [5.74, 6) is 0.852. The molecule has 0 saturated carbocycles. The van der Waals surface area contributed by atoms with Crippen molar-refractivity contribution in [2.45, 2.75) is 27.2 Å². The number of esters is 1. The van der Waals surface area contributed by atoms with Gasteiger partial charge in [0.2, 0.25) is 0 Å². The molecule has 0 heterocycles. The highest BCUT2D eigenvalue weighted by atomic mass is 32.2. The van der Waals surface area contributed by atoms with Crippen LogP contribution in [0.4, 0.5) is 0 Å². The van der Waals surface area contributed by atoms with Crippen LogP contribution in [0.2, 0.25) is 0 Å². The molecule has 0 rings (SSSR count). The van der Waals surface area contributed by atoms with Crippen LogP contribution in [0.25, 0.3) is 0 Å². The lowest BCUT2D eigenvalue weighted by atomic mass is 10.1. The summed E-state index contributed by atoms with van der Waals surface area (Å²) in [7, 11) is -0.836. The van der Waals surface area contributed by atoms with E-state index in [0.717, 1.165) is 6.42 Å². The van der Waals surface area contributed by atoms with Crippen molar-refractivity contribution < 1.29 is 13.7 Å². The third-order valence-electron chi connectivity index (χ3n) is 1.89. The molecule has 0 spiro atoms. The van der Waals surface area contributed by atoms with Gasteiger partial charge in [0.1, 0.15) is 6.61 Å². The highest BCUT2D eigenvalue weighted by Gasteiger charge is 2.11. The van der Waals surface area contributed by atoms with E-state index in [1.807, 2.05) is 20.8 Å². The SMILES string of the molecule is CCC(C)C(=O)OCCS(=O)CC. The van der Waals surface area contributed by atoms with Gasteiger partial charge in [0.25, 0.3) is 0 Å². The van der Waals surface area contributed by atoms with Crippen LogP contribution >= 0.6 is 0 Å². The van der Waals surface area contributed by atoms with E-state index in [4.69, 9.17) is 4.74 Å². The van der Waals surface area contributed by atoms with Crippen molar-refractivity contribution in [3.63, 3.8) is 0 Å². The number of ether oxygens (including phenoxy) is 1. The van der Waals surface area contributed by atoms with E-state index in [1.54, 1.807) is 0 Å². The maximum absolute atomic E-state index is 11.1. The highest BCUT2D eigenvalue weighted by molar-refractivity contribution is 7.84. The van der Waals surface area contributed by atoms with Gasteiger partial charge in [0.05, 0.1) is 11.7 Å². The predicted molar refractivity (Wildman–Crippen MR) is 54.0 cm³/mol. The Morgan fingerprint density at radius 2 is 2.08 bits per heavy atom. The Bertz CT molecular complexity index is 180. The fraction of sp³-hybridized carbons (Fsp3) is 0.889. The summed E-state index contributed by atoms with van der Waals surface area (Å²) in [5.41, 5.74) is 0. The maximum atomic E-state index is 11.1. The van der Waals surface area contributed by atoms with Crippen LogP contribution in [0, 0.1) is 5.92 Å². The first kappa shape index (κ1) is 12.6. The van der Waals surface area contributed by atoms with Gasteiger partial charge in [-0.15, -0.1) is 0 Å². The van der Waals surface area contributed by atoms with Crippen molar-refractivity contribution in [3.05, 3.63) is 0 Å². The zero-order valence-electron chi connectivity index (χ0n) is 8.54. The van der Waals surface area contributed by atoms with Crippen molar-refractivity contribution in [2.24, 2.45) is 5.92 Å². The minimum Gasteiger partial charge on any atom is -0.465 e. The van der Waals surface area contributed by atoms with Crippen molar-refractivity contribution in [2.75, 3.05) is 18.1 Å². The molecular formula is C9H18O3S. The van der Waals surface area contributed by atoms with Crippen molar-refractivity contribution >= 4 is 16.8 Å². The summed E-state index contributed by atoms with van der Waals surface area (Å²) < 4.78 is 15.9. The van der Waals surface area contributed by atoms with Gasteiger partial charge in [-0.3, -0.25) is 9.00 Å². The second-order valence-corrected chi connectivity index (χ2v) is 4.77. The number of carbonyl (C=O) groups excluding carboxylic acids is 1. The molecule has 78 valence electrons. The van der Waals surface area contributed by atoms with Gasteiger partial charge < -0.3 is 4.74 Å². The first-order valence-corrected chi connectivity index (χ1v) is 6.12. The van der Waals surface area contributed by atoms with Crippen molar-refractivity contribution in [1.29, 1.82) is 0 Å². The molecule has 0 amide bonds. The van der Waals surface area contributed by atoms with Crippen LogP contribution < -0.4 is 0 Å². The third kappa shape index (κ3) is 5.80. The minimum atomic E-state index is -0.836. The summed E-state index contributed by atoms with van der Waals surface area (Å²) in [6.45, 7) is 5.91. The number of hydrogen-bond acceptors (Lipinski definition) is 3. The topological polar surface area (TPSA) is 43.4 Å². The molecule has 0 aliphatic carbocycles. The molecule has 13 heavy (non-hydrogen) atoms. The largest absolute Gasteiger partial charge is 0.465 e. The lowest BCUT2D eigenvalue weighted by Gasteiger charge is -2.08. The van der Waals surface area contributed by atoms with Crippen LogP contribution in [0.15, 0.2) is 0 Å². The van der Waals surface area contributed by atoms with Crippen LogP contribution in [0.5, 0.6) is 0 Å². The fourth-order valence-corrected chi connectivity index (χ4v) is 1.25. The van der Waals surface area contributed by atoms with E-state index in [9.17, 15) is 9.00 Å². The molecule has 0 aromatic heterocycles. The molecule has 0 bridgehead atoms. The molecule has 2 atom stereocenters. The van der Waals surface area contributed by atoms with Crippen LogP contribution in [-0.4, -0.2) is 28.3 Å². The van der Waals surface area contributed by atoms with Gasteiger partial charge in [-0.25, -0.2) is 0 Å². The molecule has 0 radical (unpaired) electrons. The predicted octanol–water partition coefficient (Wildman–Crippen LogP) is 1.34. The van der Waals surface area contributed by atoms with Gasteiger partial charge in [0.15, 0.2) is 0 Å². The maximum Gasteiger partial charge on any atom is 0.308 e. The minimum absolute atomic E-state index is 0.0462. The van der Waals surface area contributed by atoms with E-state index in [0.29, 0.717) is 11.5 Å². The Balaban J connectivity index is 3.53. The number of rotatable bonds is 6. The van der Waals surface area contributed by atoms with Gasteiger partial charge >= 0.3 is 5.97 Å². The van der Waals surface area contributed by atoms with E-state index in [1.165, 1.54) is 0 Å². The highest BCUT2D eigenvalue weighted by Crippen LogP contribution is 2.02. The van der Waals surface area contributed by atoms with Gasteiger partial charge in [-0.05, 0) is 6.42 Å². The second-order valence-electron chi connectivity index (χ2n) is 2.91. The summed E-state index contributed by atoms with van der Waals surface area (Å²) in [6.07, 6.45) is 0.787. The van der Waals surface area contributed by atoms with E-state index in [-0.39, 0.29) is 18.5 Å². The molecule has 0 saturated heterocycles. The molecule has 4 heteroatoms. The first-order chi connectivity index (χ1) is 6.11. The molecule has 0 aliphatic heterocycles. The molecule has 0 aromatic rings. The summed E-state index contributed by atoms with van der Waals surface area (Å²) in [6, 6.07) is 0. The molecule has 0 N–H and O–H groups in total. The zero-order chi connectivity index (χ0) is 10.3. The molecule has 0 fully saturated rings. The molecule has 0 aliphatic rings. The van der Waals surface area contributed by atoms with Gasteiger partial charge in [0, 0.05) is 16.6 Å². The Kier molecular flexibility index (Phi) is 6.86. The average molecular weight is 206 g/mol. The van der Waals surface area contributed by atoms with E-state index >= 15 is 0 Å². The quantitative estimate of drug-likeness (QED) is 0.616. The van der Waals surface area contributed by atoms with Crippen molar-refractivity contribution in [1.82, 2.24) is 0 Å². The van der Waals surface area contributed by atoms with Crippen molar-refractivity contribution in [3.8, 4) is 0 Å².